The number of anilines is 2. The minimum absolute atomic E-state index is 0.624. The van der Waals surface area contributed by atoms with Crippen LogP contribution in [0.2, 0.25) is 0 Å². The summed E-state index contributed by atoms with van der Waals surface area (Å²) in [4.78, 5) is 11.2. The summed E-state index contributed by atoms with van der Waals surface area (Å²) in [5.41, 5.74) is 0. The van der Waals surface area contributed by atoms with Crippen LogP contribution >= 0.6 is 15.9 Å². The van der Waals surface area contributed by atoms with Crippen LogP contribution in [0, 0.1) is 0 Å². The van der Waals surface area contributed by atoms with E-state index in [0.29, 0.717) is 6.04 Å². The van der Waals surface area contributed by atoms with Gasteiger partial charge >= 0.3 is 0 Å². The lowest BCUT2D eigenvalue weighted by atomic mass is 9.94. The Labute approximate surface area is 124 Å². The molecule has 1 fully saturated rings. The average Bonchev–Trinajstić information content (AvgIpc) is 2.45. The number of rotatable bonds is 5. The fourth-order valence-electron chi connectivity index (χ4n) is 2.83. The normalized spacial score (nSPS) is 16.4. The maximum absolute atomic E-state index is 4.50. The highest BCUT2D eigenvalue weighted by atomic mass is 79.9. The van der Waals surface area contributed by atoms with Crippen molar-refractivity contribution in [2.75, 3.05) is 23.3 Å². The molecule has 1 heterocycles. The Morgan fingerprint density at radius 2 is 2.00 bits per heavy atom. The second-order valence-corrected chi connectivity index (χ2v) is 5.76. The van der Waals surface area contributed by atoms with Gasteiger partial charge in [-0.1, -0.05) is 19.3 Å². The highest BCUT2D eigenvalue weighted by Gasteiger charge is 2.23. The van der Waals surface area contributed by atoms with Crippen molar-refractivity contribution in [2.24, 2.45) is 0 Å². The van der Waals surface area contributed by atoms with E-state index in [4.69, 9.17) is 0 Å². The first-order valence-corrected chi connectivity index (χ1v) is 8.08. The minimum Gasteiger partial charge on any atom is -0.369 e. The summed E-state index contributed by atoms with van der Waals surface area (Å²) in [5.74, 6) is 1.92. The largest absolute Gasteiger partial charge is 0.369 e. The van der Waals surface area contributed by atoms with Crippen LogP contribution in [0.1, 0.15) is 46.0 Å². The molecule has 1 aromatic rings. The zero-order valence-electron chi connectivity index (χ0n) is 11.8. The van der Waals surface area contributed by atoms with Crippen LogP contribution in [0.5, 0.6) is 0 Å². The van der Waals surface area contributed by atoms with Gasteiger partial charge in [-0.25, -0.2) is 9.97 Å². The predicted molar refractivity (Wildman–Crippen MR) is 83.8 cm³/mol. The van der Waals surface area contributed by atoms with Crippen LogP contribution in [0.3, 0.4) is 0 Å². The Kier molecular flexibility index (Phi) is 5.43. The lowest BCUT2D eigenvalue weighted by Crippen LogP contribution is -2.37. The zero-order valence-corrected chi connectivity index (χ0v) is 13.4. The summed E-state index contributed by atoms with van der Waals surface area (Å²) in [7, 11) is 0. The summed E-state index contributed by atoms with van der Waals surface area (Å²) in [6.45, 7) is 6.14. The molecule has 0 radical (unpaired) electrons. The maximum atomic E-state index is 4.50. The molecule has 0 aromatic carbocycles. The van der Waals surface area contributed by atoms with Crippen molar-refractivity contribution in [3.63, 3.8) is 0 Å². The standard InChI is InChI=1S/C14H23BrN4/c1-3-16-13-12(15)14(18-10-17-13)19(4-2)11-8-6-5-7-9-11/h10-11H,3-9H2,1-2H3,(H,16,17,18). The highest BCUT2D eigenvalue weighted by Crippen LogP contribution is 2.33. The van der Waals surface area contributed by atoms with Gasteiger partial charge < -0.3 is 10.2 Å². The molecule has 106 valence electrons. The molecule has 0 aliphatic heterocycles. The van der Waals surface area contributed by atoms with E-state index in [1.807, 2.05) is 0 Å². The van der Waals surface area contributed by atoms with Crippen LogP contribution in [0.15, 0.2) is 10.8 Å². The fraction of sp³-hybridized carbons (Fsp3) is 0.714. The van der Waals surface area contributed by atoms with Crippen LogP contribution in [0.25, 0.3) is 0 Å². The number of hydrogen-bond donors (Lipinski definition) is 1. The van der Waals surface area contributed by atoms with E-state index in [1.54, 1.807) is 6.33 Å². The van der Waals surface area contributed by atoms with E-state index >= 15 is 0 Å². The summed E-state index contributed by atoms with van der Waals surface area (Å²) < 4.78 is 0.990. The van der Waals surface area contributed by atoms with E-state index in [2.05, 4.69) is 50.0 Å². The average molecular weight is 327 g/mol. The summed E-state index contributed by atoms with van der Waals surface area (Å²) in [6.07, 6.45) is 8.26. The van der Waals surface area contributed by atoms with Gasteiger partial charge in [0.1, 0.15) is 22.4 Å². The van der Waals surface area contributed by atoms with Gasteiger partial charge in [-0.2, -0.15) is 0 Å². The van der Waals surface area contributed by atoms with Crippen LogP contribution in [-0.4, -0.2) is 29.1 Å². The molecule has 0 atom stereocenters. The molecule has 0 amide bonds. The molecule has 0 saturated heterocycles. The molecule has 1 aliphatic carbocycles. The maximum Gasteiger partial charge on any atom is 0.148 e. The second-order valence-electron chi connectivity index (χ2n) is 4.97. The van der Waals surface area contributed by atoms with E-state index in [-0.39, 0.29) is 0 Å². The molecule has 2 rings (SSSR count). The minimum atomic E-state index is 0.624. The quantitative estimate of drug-likeness (QED) is 0.892. The van der Waals surface area contributed by atoms with Gasteiger partial charge in [0.05, 0.1) is 0 Å². The monoisotopic (exact) mass is 326 g/mol. The highest BCUT2D eigenvalue weighted by molar-refractivity contribution is 9.10. The summed E-state index contributed by atoms with van der Waals surface area (Å²) in [5, 5.41) is 3.27. The third kappa shape index (κ3) is 3.38. The molecule has 0 unspecified atom stereocenters. The van der Waals surface area contributed by atoms with Gasteiger partial charge in [0, 0.05) is 19.1 Å². The Balaban J connectivity index is 2.24. The van der Waals surface area contributed by atoms with Crippen molar-refractivity contribution in [1.29, 1.82) is 0 Å². The molecule has 19 heavy (non-hydrogen) atoms. The molecule has 5 heteroatoms. The Bertz CT molecular complexity index is 404. The van der Waals surface area contributed by atoms with E-state index < -0.39 is 0 Å². The van der Waals surface area contributed by atoms with Crippen LogP contribution in [-0.2, 0) is 0 Å². The molecule has 1 saturated carbocycles. The SMILES string of the molecule is CCNc1ncnc(N(CC)C2CCCCC2)c1Br. The summed E-state index contributed by atoms with van der Waals surface area (Å²) in [6, 6.07) is 0.624. The van der Waals surface area contributed by atoms with Gasteiger partial charge in [-0.15, -0.1) is 0 Å². The third-order valence-corrected chi connectivity index (χ3v) is 4.47. The lowest BCUT2D eigenvalue weighted by molar-refractivity contribution is 0.416. The van der Waals surface area contributed by atoms with Crippen molar-refractivity contribution in [3.8, 4) is 0 Å². The smallest absolute Gasteiger partial charge is 0.148 e. The van der Waals surface area contributed by atoms with Gasteiger partial charge in [0.25, 0.3) is 0 Å². The van der Waals surface area contributed by atoms with Crippen LogP contribution in [0.4, 0.5) is 11.6 Å². The topological polar surface area (TPSA) is 41.1 Å². The van der Waals surface area contributed by atoms with Crippen molar-refractivity contribution in [1.82, 2.24) is 9.97 Å². The molecule has 1 aliphatic rings. The van der Waals surface area contributed by atoms with Crippen molar-refractivity contribution in [2.45, 2.75) is 52.0 Å². The molecule has 1 aromatic heterocycles. The number of nitrogens with zero attached hydrogens (tertiary/aromatic N) is 3. The number of aromatic nitrogens is 2. The fourth-order valence-corrected chi connectivity index (χ4v) is 3.40. The number of halogens is 1. The molecule has 4 nitrogen and oxygen atoms in total. The molecule has 1 N–H and O–H groups in total. The Hall–Kier alpha value is -0.840. The van der Waals surface area contributed by atoms with E-state index in [1.165, 1.54) is 32.1 Å². The van der Waals surface area contributed by atoms with Crippen molar-refractivity contribution in [3.05, 3.63) is 10.8 Å². The lowest BCUT2D eigenvalue weighted by Gasteiger charge is -2.35. The third-order valence-electron chi connectivity index (χ3n) is 3.74. The van der Waals surface area contributed by atoms with Gasteiger partial charge in [-0.3, -0.25) is 0 Å². The molecule has 0 bridgehead atoms. The van der Waals surface area contributed by atoms with Gasteiger partial charge in [0.2, 0.25) is 0 Å². The molecular weight excluding hydrogens is 304 g/mol. The van der Waals surface area contributed by atoms with Crippen molar-refractivity contribution < 1.29 is 0 Å². The predicted octanol–water partition coefficient (Wildman–Crippen LogP) is 3.83. The first kappa shape index (κ1) is 14.6. The number of hydrogen-bond acceptors (Lipinski definition) is 4. The van der Waals surface area contributed by atoms with Crippen molar-refractivity contribution >= 4 is 27.6 Å². The van der Waals surface area contributed by atoms with E-state index in [0.717, 1.165) is 29.2 Å². The Morgan fingerprint density at radius 3 is 2.63 bits per heavy atom. The van der Waals surface area contributed by atoms with Gasteiger partial charge in [0.15, 0.2) is 0 Å². The number of nitrogens with one attached hydrogen (secondary N) is 1. The van der Waals surface area contributed by atoms with Crippen LogP contribution < -0.4 is 10.2 Å². The molecular formula is C14H23BrN4. The zero-order chi connectivity index (χ0) is 13.7. The summed E-state index contributed by atoms with van der Waals surface area (Å²) >= 11 is 3.66. The Morgan fingerprint density at radius 1 is 1.26 bits per heavy atom. The second kappa shape index (κ2) is 7.08. The molecule has 0 spiro atoms. The van der Waals surface area contributed by atoms with Gasteiger partial charge in [-0.05, 0) is 42.6 Å². The first-order chi connectivity index (χ1) is 9.27. The first-order valence-electron chi connectivity index (χ1n) is 7.28. The van der Waals surface area contributed by atoms with E-state index in [9.17, 15) is 0 Å².